The summed E-state index contributed by atoms with van der Waals surface area (Å²) in [7, 11) is 0. The summed E-state index contributed by atoms with van der Waals surface area (Å²) in [6.07, 6.45) is 1.89. The minimum Gasteiger partial charge on any atom is -0.338 e. The minimum atomic E-state index is -0.402. The van der Waals surface area contributed by atoms with Crippen LogP contribution in [-0.2, 0) is 0 Å². The molecule has 6 nitrogen and oxygen atoms in total. The van der Waals surface area contributed by atoms with Crippen LogP contribution in [0.4, 0.5) is 5.69 Å². The third-order valence-corrected chi connectivity index (χ3v) is 5.36. The SMILES string of the molecule is CC(C)CCSc1ccc(C(=O)N2CCC(CN)C2)cc1[N+](=O)[O-]. The number of hydrogen-bond acceptors (Lipinski definition) is 5. The quantitative estimate of drug-likeness (QED) is 0.463. The Morgan fingerprint density at radius 3 is 2.83 bits per heavy atom. The highest BCUT2D eigenvalue weighted by molar-refractivity contribution is 7.99. The molecule has 1 aliphatic heterocycles. The van der Waals surface area contributed by atoms with Gasteiger partial charge in [-0.15, -0.1) is 11.8 Å². The first-order valence-electron chi connectivity index (χ1n) is 8.33. The van der Waals surface area contributed by atoms with E-state index in [0.29, 0.717) is 41.9 Å². The molecule has 1 unspecified atom stereocenters. The summed E-state index contributed by atoms with van der Waals surface area (Å²) in [5, 5.41) is 11.4. The van der Waals surface area contributed by atoms with Gasteiger partial charge in [-0.1, -0.05) is 13.8 Å². The van der Waals surface area contributed by atoms with Crippen LogP contribution in [0.1, 0.15) is 37.0 Å². The van der Waals surface area contributed by atoms with Gasteiger partial charge in [-0.05, 0) is 49.1 Å². The normalized spacial score (nSPS) is 17.5. The summed E-state index contributed by atoms with van der Waals surface area (Å²) >= 11 is 1.48. The molecular formula is C17H25N3O3S. The molecule has 2 rings (SSSR count). The number of amides is 1. The average molecular weight is 351 g/mol. The van der Waals surface area contributed by atoms with Crippen LogP contribution >= 0.6 is 11.8 Å². The molecule has 0 radical (unpaired) electrons. The van der Waals surface area contributed by atoms with Gasteiger partial charge in [-0.25, -0.2) is 0 Å². The van der Waals surface area contributed by atoms with Gasteiger partial charge < -0.3 is 10.6 Å². The van der Waals surface area contributed by atoms with Gasteiger partial charge in [-0.2, -0.15) is 0 Å². The predicted molar refractivity (Wildman–Crippen MR) is 96.3 cm³/mol. The highest BCUT2D eigenvalue weighted by Crippen LogP contribution is 2.32. The number of rotatable bonds is 7. The number of nitrogens with zero attached hydrogens (tertiary/aromatic N) is 2. The third kappa shape index (κ3) is 4.70. The van der Waals surface area contributed by atoms with Crippen LogP contribution in [0.5, 0.6) is 0 Å². The number of likely N-dealkylation sites (tertiary alicyclic amines) is 1. The molecular weight excluding hydrogens is 326 g/mol. The second-order valence-corrected chi connectivity index (χ2v) is 7.75. The number of nitro benzene ring substituents is 1. The Morgan fingerprint density at radius 2 is 2.25 bits per heavy atom. The lowest BCUT2D eigenvalue weighted by Crippen LogP contribution is -2.29. The van der Waals surface area contributed by atoms with Crippen molar-refractivity contribution in [3.63, 3.8) is 0 Å². The van der Waals surface area contributed by atoms with Crippen molar-refractivity contribution in [3.8, 4) is 0 Å². The number of nitrogens with two attached hydrogens (primary N) is 1. The summed E-state index contributed by atoms with van der Waals surface area (Å²) < 4.78 is 0. The second-order valence-electron chi connectivity index (χ2n) is 6.61. The molecule has 1 saturated heterocycles. The lowest BCUT2D eigenvalue weighted by atomic mass is 10.1. The van der Waals surface area contributed by atoms with Crippen LogP contribution in [0, 0.1) is 22.0 Å². The Labute approximate surface area is 146 Å². The van der Waals surface area contributed by atoms with Gasteiger partial charge in [0.1, 0.15) is 0 Å². The van der Waals surface area contributed by atoms with Gasteiger partial charge in [0.15, 0.2) is 0 Å². The molecule has 24 heavy (non-hydrogen) atoms. The monoisotopic (exact) mass is 351 g/mol. The highest BCUT2D eigenvalue weighted by atomic mass is 32.2. The molecule has 1 atom stereocenters. The summed E-state index contributed by atoms with van der Waals surface area (Å²) in [5.41, 5.74) is 6.06. The van der Waals surface area contributed by atoms with E-state index < -0.39 is 4.92 Å². The molecule has 2 N–H and O–H groups in total. The van der Waals surface area contributed by atoms with Gasteiger partial charge in [0, 0.05) is 24.7 Å². The van der Waals surface area contributed by atoms with Crippen molar-refractivity contribution in [2.45, 2.75) is 31.6 Å². The van der Waals surface area contributed by atoms with Crippen LogP contribution < -0.4 is 5.73 Å². The number of thioether (sulfide) groups is 1. The number of carbonyl (C=O) groups excluding carboxylic acids is 1. The molecule has 1 heterocycles. The van der Waals surface area contributed by atoms with Crippen LogP contribution in [0.15, 0.2) is 23.1 Å². The topological polar surface area (TPSA) is 89.5 Å². The average Bonchev–Trinajstić information content (AvgIpc) is 3.03. The van der Waals surface area contributed by atoms with Crippen LogP contribution in [-0.4, -0.2) is 41.1 Å². The maximum absolute atomic E-state index is 12.6. The number of benzene rings is 1. The maximum atomic E-state index is 12.6. The van der Waals surface area contributed by atoms with Gasteiger partial charge >= 0.3 is 0 Å². The van der Waals surface area contributed by atoms with Crippen molar-refractivity contribution in [1.82, 2.24) is 4.90 Å². The van der Waals surface area contributed by atoms with Crippen molar-refractivity contribution in [2.24, 2.45) is 17.6 Å². The van der Waals surface area contributed by atoms with Crippen molar-refractivity contribution in [1.29, 1.82) is 0 Å². The minimum absolute atomic E-state index is 0.0178. The molecule has 1 fully saturated rings. The van der Waals surface area contributed by atoms with E-state index in [9.17, 15) is 14.9 Å². The first-order valence-corrected chi connectivity index (χ1v) is 9.31. The Hall–Kier alpha value is -1.60. The number of hydrogen-bond donors (Lipinski definition) is 1. The lowest BCUT2D eigenvalue weighted by Gasteiger charge is -2.16. The predicted octanol–water partition coefficient (Wildman–Crippen LogP) is 3.15. The molecule has 1 aromatic rings. The summed E-state index contributed by atoms with van der Waals surface area (Å²) in [6.45, 7) is 6.12. The molecule has 0 bridgehead atoms. The lowest BCUT2D eigenvalue weighted by molar-refractivity contribution is -0.387. The van der Waals surface area contributed by atoms with E-state index in [1.165, 1.54) is 17.8 Å². The molecule has 7 heteroatoms. The zero-order valence-electron chi connectivity index (χ0n) is 14.2. The zero-order valence-corrected chi connectivity index (χ0v) is 15.1. The fourth-order valence-corrected chi connectivity index (χ4v) is 3.97. The summed E-state index contributed by atoms with van der Waals surface area (Å²) in [4.78, 5) is 25.9. The second kappa shape index (κ2) is 8.48. The first-order chi connectivity index (χ1) is 11.4. The molecule has 1 aromatic carbocycles. The molecule has 132 valence electrons. The Balaban J connectivity index is 2.13. The first kappa shape index (κ1) is 18.7. The molecule has 0 saturated carbocycles. The van der Waals surface area contributed by atoms with E-state index in [1.54, 1.807) is 17.0 Å². The fourth-order valence-electron chi connectivity index (χ4n) is 2.71. The molecule has 0 aliphatic carbocycles. The molecule has 1 aliphatic rings. The van der Waals surface area contributed by atoms with Crippen molar-refractivity contribution >= 4 is 23.4 Å². The number of carbonyl (C=O) groups is 1. The van der Waals surface area contributed by atoms with E-state index in [4.69, 9.17) is 5.73 Å². The Morgan fingerprint density at radius 1 is 1.50 bits per heavy atom. The Kier molecular flexibility index (Phi) is 6.62. The van der Waals surface area contributed by atoms with Crippen molar-refractivity contribution in [2.75, 3.05) is 25.4 Å². The van der Waals surface area contributed by atoms with Crippen molar-refractivity contribution in [3.05, 3.63) is 33.9 Å². The zero-order chi connectivity index (χ0) is 17.7. The molecule has 1 amide bonds. The van der Waals surface area contributed by atoms with E-state index in [2.05, 4.69) is 13.8 Å². The number of nitro groups is 1. The van der Waals surface area contributed by atoms with Gasteiger partial charge in [0.2, 0.25) is 0 Å². The van der Waals surface area contributed by atoms with Crippen LogP contribution in [0.2, 0.25) is 0 Å². The van der Waals surface area contributed by atoms with E-state index >= 15 is 0 Å². The van der Waals surface area contributed by atoms with Gasteiger partial charge in [0.25, 0.3) is 11.6 Å². The standard InChI is InChI=1S/C17H25N3O3S/c1-12(2)6-8-24-16-4-3-14(9-15(16)20(22)23)17(21)19-7-5-13(10-18)11-19/h3-4,9,12-13H,5-8,10-11,18H2,1-2H3. The molecule has 0 aromatic heterocycles. The summed E-state index contributed by atoms with van der Waals surface area (Å²) in [6, 6.07) is 4.81. The highest BCUT2D eigenvalue weighted by Gasteiger charge is 2.27. The Bertz CT molecular complexity index is 607. The van der Waals surface area contributed by atoms with E-state index in [1.807, 2.05) is 0 Å². The maximum Gasteiger partial charge on any atom is 0.283 e. The van der Waals surface area contributed by atoms with Gasteiger partial charge in [0.05, 0.1) is 9.82 Å². The largest absolute Gasteiger partial charge is 0.338 e. The smallest absolute Gasteiger partial charge is 0.283 e. The van der Waals surface area contributed by atoms with E-state index in [-0.39, 0.29) is 11.6 Å². The fraction of sp³-hybridized carbons (Fsp3) is 0.588. The van der Waals surface area contributed by atoms with Crippen molar-refractivity contribution < 1.29 is 9.72 Å². The van der Waals surface area contributed by atoms with Crippen LogP contribution in [0.25, 0.3) is 0 Å². The van der Waals surface area contributed by atoms with E-state index in [0.717, 1.165) is 18.6 Å². The van der Waals surface area contributed by atoms with Crippen LogP contribution in [0.3, 0.4) is 0 Å². The van der Waals surface area contributed by atoms with Gasteiger partial charge in [-0.3, -0.25) is 14.9 Å². The molecule has 0 spiro atoms. The third-order valence-electron chi connectivity index (χ3n) is 4.26. The summed E-state index contributed by atoms with van der Waals surface area (Å²) in [5.74, 6) is 1.57.